The van der Waals surface area contributed by atoms with Crippen LogP contribution in [0.25, 0.3) is 0 Å². The van der Waals surface area contributed by atoms with E-state index < -0.39 is 0 Å². The number of ether oxygens (including phenoxy) is 1. The lowest BCUT2D eigenvalue weighted by atomic mass is 10.3. The first-order valence-electron chi connectivity index (χ1n) is 5.29. The van der Waals surface area contributed by atoms with Gasteiger partial charge in [0.1, 0.15) is 0 Å². The first kappa shape index (κ1) is 13.7. The van der Waals surface area contributed by atoms with Crippen molar-refractivity contribution in [3.05, 3.63) is 20.8 Å². The molecule has 0 unspecified atom stereocenters. The Hall–Kier alpha value is -0.390. The lowest BCUT2D eigenvalue weighted by molar-refractivity contribution is -0.121. The highest BCUT2D eigenvalue weighted by molar-refractivity contribution is 9.10. The predicted molar refractivity (Wildman–Crippen MR) is 69.6 cm³/mol. The number of hydrogen-bond donors (Lipinski definition) is 1. The van der Waals surface area contributed by atoms with Gasteiger partial charge in [-0.2, -0.15) is 0 Å². The van der Waals surface area contributed by atoms with Crippen molar-refractivity contribution in [1.82, 2.24) is 5.32 Å². The quantitative estimate of drug-likeness (QED) is 0.787. The highest BCUT2D eigenvalue weighted by Gasteiger charge is 2.02. The van der Waals surface area contributed by atoms with E-state index >= 15 is 0 Å². The standard InChI is InChI=1S/C11H16BrNO2S/c1-2-15-5-3-4-11(14)13-7-10-6-9(12)8-16-10/h6,8H,2-5,7H2,1H3,(H,13,14). The van der Waals surface area contributed by atoms with Crippen molar-refractivity contribution in [2.24, 2.45) is 0 Å². The average molecular weight is 306 g/mol. The fourth-order valence-corrected chi connectivity index (χ4v) is 2.59. The van der Waals surface area contributed by atoms with Crippen LogP contribution in [0, 0.1) is 0 Å². The highest BCUT2D eigenvalue weighted by Crippen LogP contribution is 2.19. The molecule has 5 heteroatoms. The fourth-order valence-electron chi connectivity index (χ4n) is 1.20. The topological polar surface area (TPSA) is 38.3 Å². The molecule has 0 aliphatic rings. The number of amides is 1. The molecule has 0 aliphatic heterocycles. The van der Waals surface area contributed by atoms with Gasteiger partial charge in [-0.1, -0.05) is 0 Å². The van der Waals surface area contributed by atoms with Crippen LogP contribution in [0.15, 0.2) is 15.9 Å². The van der Waals surface area contributed by atoms with Gasteiger partial charge in [0.25, 0.3) is 0 Å². The van der Waals surface area contributed by atoms with Crippen molar-refractivity contribution in [2.75, 3.05) is 13.2 Å². The third-order valence-electron chi connectivity index (χ3n) is 1.98. The summed E-state index contributed by atoms with van der Waals surface area (Å²) in [7, 11) is 0. The molecule has 1 aromatic rings. The van der Waals surface area contributed by atoms with Crippen molar-refractivity contribution in [1.29, 1.82) is 0 Å². The number of hydrogen-bond acceptors (Lipinski definition) is 3. The Morgan fingerprint density at radius 1 is 1.62 bits per heavy atom. The highest BCUT2D eigenvalue weighted by atomic mass is 79.9. The maximum absolute atomic E-state index is 11.4. The van der Waals surface area contributed by atoms with Gasteiger partial charge in [-0.25, -0.2) is 0 Å². The van der Waals surface area contributed by atoms with Crippen molar-refractivity contribution < 1.29 is 9.53 Å². The second kappa shape index (κ2) is 7.81. The van der Waals surface area contributed by atoms with Crippen molar-refractivity contribution in [3.8, 4) is 0 Å². The number of nitrogens with one attached hydrogen (secondary N) is 1. The molecule has 1 N–H and O–H groups in total. The summed E-state index contributed by atoms with van der Waals surface area (Å²) in [4.78, 5) is 12.6. The van der Waals surface area contributed by atoms with E-state index in [1.807, 2.05) is 18.4 Å². The summed E-state index contributed by atoms with van der Waals surface area (Å²) in [6.07, 6.45) is 1.32. The van der Waals surface area contributed by atoms with E-state index in [1.165, 1.54) is 0 Å². The first-order valence-corrected chi connectivity index (χ1v) is 6.97. The minimum absolute atomic E-state index is 0.0872. The van der Waals surface area contributed by atoms with Gasteiger partial charge >= 0.3 is 0 Å². The Bertz CT molecular complexity index is 328. The number of carbonyl (C=O) groups is 1. The maximum atomic E-state index is 11.4. The monoisotopic (exact) mass is 305 g/mol. The molecule has 0 radical (unpaired) electrons. The molecular formula is C11H16BrNO2S. The molecule has 90 valence electrons. The van der Waals surface area contributed by atoms with Crippen LogP contribution in [0.2, 0.25) is 0 Å². The van der Waals surface area contributed by atoms with E-state index in [0.29, 0.717) is 26.2 Å². The Kier molecular flexibility index (Phi) is 6.68. The van der Waals surface area contributed by atoms with Crippen LogP contribution >= 0.6 is 27.3 Å². The predicted octanol–water partition coefficient (Wildman–Crippen LogP) is 2.94. The molecule has 0 saturated carbocycles. The molecule has 0 bridgehead atoms. The van der Waals surface area contributed by atoms with Crippen LogP contribution < -0.4 is 5.32 Å². The normalized spacial score (nSPS) is 10.4. The van der Waals surface area contributed by atoms with E-state index in [-0.39, 0.29) is 5.91 Å². The molecule has 1 amide bonds. The van der Waals surface area contributed by atoms with Crippen LogP contribution in [0.4, 0.5) is 0 Å². The summed E-state index contributed by atoms with van der Waals surface area (Å²) in [6, 6.07) is 2.02. The summed E-state index contributed by atoms with van der Waals surface area (Å²) in [5, 5.41) is 4.89. The molecule has 0 spiro atoms. The second-order valence-electron chi connectivity index (χ2n) is 3.31. The number of halogens is 1. The zero-order valence-electron chi connectivity index (χ0n) is 9.29. The Morgan fingerprint density at radius 3 is 3.06 bits per heavy atom. The van der Waals surface area contributed by atoms with E-state index in [0.717, 1.165) is 15.8 Å². The first-order chi connectivity index (χ1) is 7.72. The third-order valence-corrected chi connectivity index (χ3v) is 3.68. The number of carbonyl (C=O) groups excluding carboxylic acids is 1. The second-order valence-corrected chi connectivity index (χ2v) is 5.22. The zero-order chi connectivity index (χ0) is 11.8. The van der Waals surface area contributed by atoms with Crippen LogP contribution in [-0.4, -0.2) is 19.1 Å². The van der Waals surface area contributed by atoms with E-state index in [1.54, 1.807) is 11.3 Å². The molecule has 1 aromatic heterocycles. The van der Waals surface area contributed by atoms with Gasteiger partial charge in [0.15, 0.2) is 0 Å². The molecule has 0 atom stereocenters. The van der Waals surface area contributed by atoms with Gasteiger partial charge in [0.2, 0.25) is 5.91 Å². The summed E-state index contributed by atoms with van der Waals surface area (Å²) >= 11 is 5.02. The molecule has 0 saturated heterocycles. The zero-order valence-corrected chi connectivity index (χ0v) is 11.7. The van der Waals surface area contributed by atoms with Gasteiger partial charge < -0.3 is 10.1 Å². The minimum atomic E-state index is 0.0872. The molecule has 0 aliphatic carbocycles. The van der Waals surface area contributed by atoms with Crippen LogP contribution in [0.5, 0.6) is 0 Å². The van der Waals surface area contributed by atoms with E-state index in [2.05, 4.69) is 21.2 Å². The van der Waals surface area contributed by atoms with Crippen LogP contribution in [0.3, 0.4) is 0 Å². The molecule has 1 heterocycles. The van der Waals surface area contributed by atoms with E-state index in [4.69, 9.17) is 4.74 Å². The Balaban J connectivity index is 2.10. The largest absolute Gasteiger partial charge is 0.382 e. The van der Waals surface area contributed by atoms with Gasteiger partial charge in [-0.15, -0.1) is 11.3 Å². The minimum Gasteiger partial charge on any atom is -0.382 e. The number of thiophene rings is 1. The molecular weight excluding hydrogens is 290 g/mol. The van der Waals surface area contributed by atoms with E-state index in [9.17, 15) is 4.79 Å². The van der Waals surface area contributed by atoms with Gasteiger partial charge in [-0.3, -0.25) is 4.79 Å². The Labute approximate surface area is 108 Å². The third kappa shape index (κ3) is 5.63. The maximum Gasteiger partial charge on any atom is 0.220 e. The van der Waals surface area contributed by atoms with Gasteiger partial charge in [0.05, 0.1) is 6.54 Å². The molecule has 3 nitrogen and oxygen atoms in total. The molecule has 0 fully saturated rings. The lowest BCUT2D eigenvalue weighted by Crippen LogP contribution is -2.22. The van der Waals surface area contributed by atoms with Crippen LogP contribution in [-0.2, 0) is 16.1 Å². The molecule has 16 heavy (non-hydrogen) atoms. The molecule has 0 aromatic carbocycles. The summed E-state index contributed by atoms with van der Waals surface area (Å²) in [5.41, 5.74) is 0. The van der Waals surface area contributed by atoms with Crippen molar-refractivity contribution in [3.63, 3.8) is 0 Å². The van der Waals surface area contributed by atoms with Gasteiger partial charge in [-0.05, 0) is 35.3 Å². The Morgan fingerprint density at radius 2 is 2.44 bits per heavy atom. The molecule has 1 rings (SSSR count). The summed E-state index contributed by atoms with van der Waals surface area (Å²) < 4.78 is 6.23. The fraction of sp³-hybridized carbons (Fsp3) is 0.545. The lowest BCUT2D eigenvalue weighted by Gasteiger charge is -2.03. The number of rotatable bonds is 7. The SMILES string of the molecule is CCOCCCC(=O)NCc1cc(Br)cs1. The smallest absolute Gasteiger partial charge is 0.220 e. The summed E-state index contributed by atoms with van der Waals surface area (Å²) in [6.45, 7) is 3.94. The van der Waals surface area contributed by atoms with Crippen LogP contribution in [0.1, 0.15) is 24.6 Å². The summed E-state index contributed by atoms with van der Waals surface area (Å²) in [5.74, 6) is 0.0872. The average Bonchev–Trinajstić information content (AvgIpc) is 2.68. The van der Waals surface area contributed by atoms with Crippen molar-refractivity contribution >= 4 is 33.2 Å². The van der Waals surface area contributed by atoms with Gasteiger partial charge in [0, 0.05) is 34.4 Å². The van der Waals surface area contributed by atoms with Crippen molar-refractivity contribution in [2.45, 2.75) is 26.3 Å².